The van der Waals surface area contributed by atoms with E-state index >= 15 is 0 Å². The van der Waals surface area contributed by atoms with Crippen molar-refractivity contribution in [3.8, 4) is 0 Å². The molecule has 2 aromatic carbocycles. The number of carbonyl (C=O) groups is 1. The van der Waals surface area contributed by atoms with Crippen molar-refractivity contribution in [2.45, 2.75) is 27.1 Å². The van der Waals surface area contributed by atoms with Gasteiger partial charge in [0, 0.05) is 11.8 Å². The highest BCUT2D eigenvalue weighted by Gasteiger charge is 2.30. The maximum absolute atomic E-state index is 12.4. The van der Waals surface area contributed by atoms with Gasteiger partial charge in [-0.2, -0.15) is 0 Å². The lowest BCUT2D eigenvalue weighted by atomic mass is 9.75. The van der Waals surface area contributed by atoms with Crippen LogP contribution in [-0.4, -0.2) is 18.0 Å². The molecule has 0 atom stereocenters. The number of rotatable bonds is 5. The highest BCUT2D eigenvalue weighted by Crippen LogP contribution is 2.16. The van der Waals surface area contributed by atoms with E-state index in [9.17, 15) is 9.82 Å². The molecule has 0 bridgehead atoms. The summed E-state index contributed by atoms with van der Waals surface area (Å²) < 4.78 is 10.8. The van der Waals surface area contributed by atoms with E-state index in [1.807, 2.05) is 43.3 Å². The summed E-state index contributed by atoms with van der Waals surface area (Å²) >= 11 is 0. The number of benzene rings is 2. The van der Waals surface area contributed by atoms with Crippen molar-refractivity contribution < 1.29 is 19.2 Å². The Morgan fingerprint density at radius 3 is 2.84 bits per heavy atom. The van der Waals surface area contributed by atoms with Crippen molar-refractivity contribution in [2.24, 2.45) is 0 Å². The fourth-order valence-corrected chi connectivity index (χ4v) is 2.81. The van der Waals surface area contributed by atoms with Gasteiger partial charge in [-0.15, -0.1) is 0 Å². The molecule has 2 aromatic rings. The lowest BCUT2D eigenvalue weighted by molar-refractivity contribution is 0.0966. The molecule has 5 nitrogen and oxygen atoms in total. The van der Waals surface area contributed by atoms with Crippen LogP contribution in [-0.2, 0) is 22.6 Å². The van der Waals surface area contributed by atoms with Crippen molar-refractivity contribution in [3.05, 3.63) is 76.7 Å². The zero-order chi connectivity index (χ0) is 17.8. The monoisotopic (exact) mass is 337 g/mol. The summed E-state index contributed by atoms with van der Waals surface area (Å²) in [7, 11) is -0.964. The Kier molecular flexibility index (Phi) is 5.21. The molecular formula is C19H20BNO4. The third kappa shape index (κ3) is 3.92. The van der Waals surface area contributed by atoms with E-state index in [0.717, 1.165) is 16.7 Å². The van der Waals surface area contributed by atoms with Gasteiger partial charge in [-0.1, -0.05) is 36.4 Å². The van der Waals surface area contributed by atoms with Crippen LogP contribution in [0.15, 0.2) is 54.4 Å². The second-order valence-corrected chi connectivity index (χ2v) is 5.98. The van der Waals surface area contributed by atoms with Gasteiger partial charge in [-0.25, -0.2) is 0 Å². The average Bonchev–Trinajstić information content (AvgIpc) is 3.01. The summed E-state index contributed by atoms with van der Waals surface area (Å²) in [4.78, 5) is 12.4. The van der Waals surface area contributed by atoms with E-state index in [0.29, 0.717) is 30.0 Å². The van der Waals surface area contributed by atoms with E-state index in [-0.39, 0.29) is 5.91 Å². The van der Waals surface area contributed by atoms with Gasteiger partial charge >= 0.3 is 7.12 Å². The van der Waals surface area contributed by atoms with Gasteiger partial charge in [0.15, 0.2) is 0 Å². The first-order valence-corrected chi connectivity index (χ1v) is 8.12. The zero-order valence-corrected chi connectivity index (χ0v) is 14.3. The zero-order valence-electron chi connectivity index (χ0n) is 14.3. The predicted octanol–water partition coefficient (Wildman–Crippen LogP) is 2.02. The van der Waals surface area contributed by atoms with Crippen LogP contribution in [0.4, 0.5) is 0 Å². The van der Waals surface area contributed by atoms with Gasteiger partial charge < -0.3 is 19.7 Å². The fourth-order valence-electron chi connectivity index (χ4n) is 2.81. The molecule has 128 valence electrons. The minimum Gasteiger partial charge on any atom is -0.492 e. The minimum absolute atomic E-state index is 0.248. The number of carbonyl (C=O) groups excluding carboxylic acids is 1. The van der Waals surface area contributed by atoms with Gasteiger partial charge in [0.25, 0.3) is 5.91 Å². The van der Waals surface area contributed by atoms with Crippen molar-refractivity contribution in [2.75, 3.05) is 0 Å². The van der Waals surface area contributed by atoms with Crippen LogP contribution in [0.3, 0.4) is 0 Å². The Morgan fingerprint density at radius 1 is 1.32 bits per heavy atom. The highest BCUT2D eigenvalue weighted by atomic mass is 16.5. The van der Waals surface area contributed by atoms with Crippen molar-refractivity contribution >= 4 is 18.5 Å². The Bertz CT molecular complexity index is 805. The summed E-state index contributed by atoms with van der Waals surface area (Å²) in [5.74, 6) is 0.362. The smallest absolute Gasteiger partial charge is 0.492 e. The molecule has 0 spiro atoms. The van der Waals surface area contributed by atoms with Crippen molar-refractivity contribution in [1.82, 2.24) is 5.32 Å². The van der Waals surface area contributed by atoms with Gasteiger partial charge in [-0.05, 0) is 42.1 Å². The topological polar surface area (TPSA) is 67.8 Å². The van der Waals surface area contributed by atoms with Crippen LogP contribution >= 0.6 is 0 Å². The molecule has 0 aromatic heterocycles. The Morgan fingerprint density at radius 2 is 2.08 bits per heavy atom. The number of amides is 1. The number of nitrogens with one attached hydrogen (secondary N) is 1. The van der Waals surface area contributed by atoms with E-state index in [4.69, 9.17) is 9.39 Å². The maximum atomic E-state index is 12.4. The minimum atomic E-state index is -0.964. The Labute approximate surface area is 147 Å². The summed E-state index contributed by atoms with van der Waals surface area (Å²) in [6.45, 7) is 4.41. The van der Waals surface area contributed by atoms with Crippen LogP contribution in [0.5, 0.6) is 0 Å². The summed E-state index contributed by atoms with van der Waals surface area (Å²) in [6, 6.07) is 13.4. The highest BCUT2D eigenvalue weighted by molar-refractivity contribution is 6.62. The number of hydrogen-bond donors (Lipinski definition) is 2. The van der Waals surface area contributed by atoms with Crippen LogP contribution in [0, 0.1) is 6.92 Å². The maximum Gasteiger partial charge on any atom is 0.492 e. The molecule has 1 aliphatic heterocycles. The Balaban J connectivity index is 1.63. The lowest BCUT2D eigenvalue weighted by Crippen LogP contribution is -2.33. The molecule has 0 saturated heterocycles. The van der Waals surface area contributed by atoms with Gasteiger partial charge in [-0.3, -0.25) is 4.79 Å². The second kappa shape index (κ2) is 7.55. The number of fused-ring (bicyclic) bond motifs is 1. The van der Waals surface area contributed by atoms with Crippen LogP contribution < -0.4 is 10.8 Å². The standard InChI is InChI=1S/C19H20BNO4/c1-13(24-11-15-6-4-3-5-7-15)10-21-19(22)17-9-8-16-12-25-20(23)18(16)14(17)2/h3-10,23H,11-12H2,1-2H3,(H,21,22)/b13-10+. The third-order valence-corrected chi connectivity index (χ3v) is 4.21. The first-order valence-electron chi connectivity index (χ1n) is 8.12. The summed E-state index contributed by atoms with van der Waals surface area (Å²) in [6.07, 6.45) is 1.55. The molecule has 0 aliphatic carbocycles. The molecule has 1 amide bonds. The van der Waals surface area contributed by atoms with E-state index in [1.54, 1.807) is 19.2 Å². The van der Waals surface area contributed by atoms with Crippen molar-refractivity contribution in [3.63, 3.8) is 0 Å². The van der Waals surface area contributed by atoms with Crippen LogP contribution in [0.1, 0.15) is 34.0 Å². The molecule has 25 heavy (non-hydrogen) atoms. The second-order valence-electron chi connectivity index (χ2n) is 5.98. The first kappa shape index (κ1) is 17.3. The van der Waals surface area contributed by atoms with Gasteiger partial charge in [0.1, 0.15) is 12.4 Å². The number of ether oxygens (including phenoxy) is 1. The molecule has 3 rings (SSSR count). The van der Waals surface area contributed by atoms with Crippen molar-refractivity contribution in [1.29, 1.82) is 0 Å². The molecule has 0 radical (unpaired) electrons. The fraction of sp³-hybridized carbons (Fsp3) is 0.211. The van der Waals surface area contributed by atoms with Crippen LogP contribution in [0.25, 0.3) is 0 Å². The number of hydrogen-bond acceptors (Lipinski definition) is 4. The molecular weight excluding hydrogens is 317 g/mol. The predicted molar refractivity (Wildman–Crippen MR) is 96.0 cm³/mol. The molecule has 0 saturated carbocycles. The average molecular weight is 337 g/mol. The van der Waals surface area contributed by atoms with Crippen LogP contribution in [0.2, 0.25) is 0 Å². The largest absolute Gasteiger partial charge is 0.492 e. The molecule has 2 N–H and O–H groups in total. The molecule has 6 heteroatoms. The summed E-state index contributed by atoms with van der Waals surface area (Å²) in [5.41, 5.74) is 3.91. The summed E-state index contributed by atoms with van der Waals surface area (Å²) in [5, 5.41) is 12.6. The number of allylic oxidation sites excluding steroid dienone is 1. The SMILES string of the molecule is C/C(=C\NC(=O)c1ccc2c(c1C)B(O)OC2)OCc1ccccc1. The van der Waals surface area contributed by atoms with E-state index < -0.39 is 7.12 Å². The Hall–Kier alpha value is -2.57. The van der Waals surface area contributed by atoms with Gasteiger partial charge in [0.2, 0.25) is 0 Å². The lowest BCUT2D eigenvalue weighted by Gasteiger charge is -2.11. The quantitative estimate of drug-likeness (QED) is 0.647. The molecule has 0 unspecified atom stereocenters. The normalized spacial score (nSPS) is 13.6. The third-order valence-electron chi connectivity index (χ3n) is 4.21. The van der Waals surface area contributed by atoms with E-state index in [1.165, 1.54) is 0 Å². The molecule has 0 fully saturated rings. The first-order chi connectivity index (χ1) is 12.1. The van der Waals surface area contributed by atoms with Gasteiger partial charge in [0.05, 0.1) is 6.61 Å². The van der Waals surface area contributed by atoms with E-state index in [2.05, 4.69) is 5.32 Å². The molecule has 1 heterocycles. The molecule has 1 aliphatic rings.